The van der Waals surface area contributed by atoms with Crippen LogP contribution in [0, 0.1) is 16.0 Å². The largest absolute Gasteiger partial charge is 0.444 e. The van der Waals surface area contributed by atoms with Crippen molar-refractivity contribution in [3.63, 3.8) is 0 Å². The van der Waals surface area contributed by atoms with Gasteiger partial charge in [-0.1, -0.05) is 30.3 Å². The van der Waals surface area contributed by atoms with Crippen LogP contribution in [0.25, 0.3) is 0 Å². The summed E-state index contributed by atoms with van der Waals surface area (Å²) in [5, 5.41) is 11.2. The lowest BCUT2D eigenvalue weighted by Gasteiger charge is -2.37. The van der Waals surface area contributed by atoms with E-state index in [2.05, 4.69) is 15.9 Å². The van der Waals surface area contributed by atoms with E-state index in [1.54, 1.807) is 11.0 Å². The number of nitro benzene ring substituents is 1. The third kappa shape index (κ3) is 3.69. The molecule has 1 heterocycles. The van der Waals surface area contributed by atoms with Gasteiger partial charge < -0.3 is 4.74 Å². The molecule has 1 fully saturated rings. The van der Waals surface area contributed by atoms with Crippen LogP contribution in [-0.2, 0) is 17.8 Å². The van der Waals surface area contributed by atoms with Crippen LogP contribution in [0.2, 0.25) is 0 Å². The Bertz CT molecular complexity index is 883. The van der Waals surface area contributed by atoms with Crippen molar-refractivity contribution in [1.82, 2.24) is 0 Å². The van der Waals surface area contributed by atoms with Gasteiger partial charge in [-0.3, -0.25) is 15.0 Å². The fourth-order valence-electron chi connectivity index (χ4n) is 3.75. The van der Waals surface area contributed by atoms with E-state index in [1.807, 2.05) is 30.3 Å². The maximum Gasteiger partial charge on any atom is 0.414 e. The quantitative estimate of drug-likeness (QED) is 0.491. The highest BCUT2D eigenvalue weighted by atomic mass is 79.9. The third-order valence-electron chi connectivity index (χ3n) is 5.19. The fourth-order valence-corrected chi connectivity index (χ4v) is 4.43. The Morgan fingerprint density at radius 2 is 1.96 bits per heavy atom. The molecule has 2 aromatic carbocycles. The molecule has 1 unspecified atom stereocenters. The molecule has 0 N–H and O–H groups in total. The molecule has 1 aliphatic carbocycles. The Hall–Kier alpha value is -2.41. The molecule has 2 aromatic rings. The monoisotopic (exact) mass is 430 g/mol. The Morgan fingerprint density at radius 1 is 1.22 bits per heavy atom. The summed E-state index contributed by atoms with van der Waals surface area (Å²) in [5.41, 5.74) is 2.48. The number of carbonyl (C=O) groups excluding carboxylic acids is 1. The van der Waals surface area contributed by atoms with Gasteiger partial charge in [-0.05, 0) is 58.7 Å². The molecule has 6 nitrogen and oxygen atoms in total. The Balaban J connectivity index is 1.64. The number of carbonyl (C=O) groups is 1. The second kappa shape index (κ2) is 7.31. The lowest BCUT2D eigenvalue weighted by molar-refractivity contribution is -0.385. The lowest BCUT2D eigenvalue weighted by atomic mass is 9.93. The predicted molar refractivity (Wildman–Crippen MR) is 105 cm³/mol. The van der Waals surface area contributed by atoms with E-state index in [-0.39, 0.29) is 18.3 Å². The van der Waals surface area contributed by atoms with Gasteiger partial charge in [-0.2, -0.15) is 0 Å². The Morgan fingerprint density at radius 3 is 2.63 bits per heavy atom. The number of anilines is 1. The number of rotatable bonds is 4. The average molecular weight is 431 g/mol. The Labute approximate surface area is 165 Å². The third-order valence-corrected chi connectivity index (χ3v) is 5.79. The van der Waals surface area contributed by atoms with Crippen molar-refractivity contribution < 1.29 is 14.5 Å². The molecule has 0 radical (unpaired) electrons. The van der Waals surface area contributed by atoms with Crippen LogP contribution in [0.15, 0.2) is 46.9 Å². The van der Waals surface area contributed by atoms with E-state index < -0.39 is 11.0 Å². The summed E-state index contributed by atoms with van der Waals surface area (Å²) in [4.78, 5) is 25.5. The van der Waals surface area contributed by atoms with Crippen molar-refractivity contribution in [3.05, 3.63) is 68.2 Å². The van der Waals surface area contributed by atoms with Crippen LogP contribution in [0.3, 0.4) is 0 Å². The molecule has 140 valence electrons. The van der Waals surface area contributed by atoms with Gasteiger partial charge in [-0.15, -0.1) is 0 Å². The molecule has 27 heavy (non-hydrogen) atoms. The van der Waals surface area contributed by atoms with Crippen molar-refractivity contribution in [1.29, 1.82) is 0 Å². The number of nitro groups is 1. The first kappa shape index (κ1) is 18.0. The van der Waals surface area contributed by atoms with Crippen molar-refractivity contribution >= 4 is 33.4 Å². The smallest absolute Gasteiger partial charge is 0.414 e. The summed E-state index contributed by atoms with van der Waals surface area (Å²) in [7, 11) is 0. The first-order valence-electron chi connectivity index (χ1n) is 9.01. The first-order valence-corrected chi connectivity index (χ1v) is 9.80. The van der Waals surface area contributed by atoms with Gasteiger partial charge in [0.05, 0.1) is 10.6 Å². The minimum absolute atomic E-state index is 0.0306. The minimum Gasteiger partial charge on any atom is -0.444 e. The number of hydrogen-bond donors (Lipinski definition) is 0. The lowest BCUT2D eigenvalue weighted by Crippen LogP contribution is -2.45. The van der Waals surface area contributed by atoms with E-state index in [9.17, 15) is 14.9 Å². The number of ether oxygens (including phenoxy) is 1. The van der Waals surface area contributed by atoms with Crippen molar-refractivity contribution in [2.75, 3.05) is 4.90 Å². The van der Waals surface area contributed by atoms with Gasteiger partial charge in [0.15, 0.2) is 0 Å². The SMILES string of the molecule is O=C(OCc1ccccc1)N1c2c(Br)cc([N+](=O)[O-])cc2CCC1C1CC1. The highest BCUT2D eigenvalue weighted by Gasteiger charge is 2.43. The molecule has 1 saturated carbocycles. The molecule has 7 heteroatoms. The zero-order chi connectivity index (χ0) is 19.0. The summed E-state index contributed by atoms with van der Waals surface area (Å²) in [6.45, 7) is 0.202. The van der Waals surface area contributed by atoms with Gasteiger partial charge >= 0.3 is 6.09 Å². The zero-order valence-corrected chi connectivity index (χ0v) is 16.2. The predicted octanol–water partition coefficient (Wildman–Crippen LogP) is 5.23. The zero-order valence-electron chi connectivity index (χ0n) is 14.6. The van der Waals surface area contributed by atoms with Crippen molar-refractivity contribution in [3.8, 4) is 0 Å². The standard InChI is InChI=1S/C20H19BrN2O4/c21-17-11-16(23(25)26)10-15-8-9-18(14-6-7-14)22(19(15)17)20(24)27-12-13-4-2-1-3-5-13/h1-5,10-11,14,18H,6-9,12H2. The second-order valence-corrected chi connectivity index (χ2v) is 7.90. The first-order chi connectivity index (χ1) is 13.0. The molecular weight excluding hydrogens is 412 g/mol. The van der Waals surface area contributed by atoms with Gasteiger partial charge in [0.1, 0.15) is 6.61 Å². The number of benzene rings is 2. The van der Waals surface area contributed by atoms with Crippen LogP contribution in [0.1, 0.15) is 30.4 Å². The minimum atomic E-state index is -0.407. The van der Waals surface area contributed by atoms with Crippen molar-refractivity contribution in [2.24, 2.45) is 5.92 Å². The molecule has 4 rings (SSSR count). The molecule has 0 spiro atoms. The number of amides is 1. The van der Waals surface area contributed by atoms with Crippen LogP contribution in [-0.4, -0.2) is 17.1 Å². The van der Waals surface area contributed by atoms with E-state index in [1.165, 1.54) is 6.07 Å². The van der Waals surface area contributed by atoms with Crippen LogP contribution in [0.5, 0.6) is 0 Å². The molecule has 1 atom stereocenters. The highest BCUT2D eigenvalue weighted by Crippen LogP contribution is 2.46. The van der Waals surface area contributed by atoms with Gasteiger partial charge in [0.25, 0.3) is 5.69 Å². The summed E-state index contributed by atoms with van der Waals surface area (Å²) >= 11 is 3.45. The van der Waals surface area contributed by atoms with Gasteiger partial charge in [0.2, 0.25) is 0 Å². The summed E-state index contributed by atoms with van der Waals surface area (Å²) in [6.07, 6.45) is 3.33. The molecule has 2 aliphatic rings. The maximum atomic E-state index is 13.0. The highest BCUT2D eigenvalue weighted by molar-refractivity contribution is 9.10. The summed E-state index contributed by atoms with van der Waals surface area (Å²) in [6, 6.07) is 12.7. The van der Waals surface area contributed by atoms with Gasteiger partial charge in [0, 0.05) is 22.6 Å². The van der Waals surface area contributed by atoms with E-state index in [0.29, 0.717) is 16.1 Å². The second-order valence-electron chi connectivity index (χ2n) is 7.05. The van der Waals surface area contributed by atoms with Crippen LogP contribution in [0.4, 0.5) is 16.2 Å². The van der Waals surface area contributed by atoms with Gasteiger partial charge in [-0.25, -0.2) is 4.79 Å². The normalized spacial score (nSPS) is 18.7. The Kier molecular flexibility index (Phi) is 4.86. The molecule has 0 aromatic heterocycles. The maximum absolute atomic E-state index is 13.0. The topological polar surface area (TPSA) is 72.7 Å². The summed E-state index contributed by atoms with van der Waals surface area (Å²) in [5.74, 6) is 0.476. The number of aryl methyl sites for hydroxylation is 1. The van der Waals surface area contributed by atoms with E-state index >= 15 is 0 Å². The number of non-ortho nitro benzene ring substituents is 1. The summed E-state index contributed by atoms with van der Waals surface area (Å²) < 4.78 is 6.16. The molecule has 0 bridgehead atoms. The van der Waals surface area contributed by atoms with Crippen LogP contribution >= 0.6 is 15.9 Å². The number of fused-ring (bicyclic) bond motifs is 1. The van der Waals surface area contributed by atoms with E-state index in [4.69, 9.17) is 4.74 Å². The van der Waals surface area contributed by atoms with E-state index in [0.717, 1.165) is 36.8 Å². The number of nitrogens with zero attached hydrogens (tertiary/aromatic N) is 2. The number of halogens is 1. The van der Waals surface area contributed by atoms with Crippen LogP contribution < -0.4 is 4.90 Å². The molecule has 1 amide bonds. The average Bonchev–Trinajstić information content (AvgIpc) is 3.51. The van der Waals surface area contributed by atoms with Crippen molar-refractivity contribution in [2.45, 2.75) is 38.3 Å². The fraction of sp³-hybridized carbons (Fsp3) is 0.350. The molecule has 1 aliphatic heterocycles. The molecule has 0 saturated heterocycles. The molecular formula is C20H19BrN2O4. The number of hydrogen-bond acceptors (Lipinski definition) is 4.